The zero-order valence-electron chi connectivity index (χ0n) is 7.31. The first-order chi connectivity index (χ1) is 5.86. The highest BCUT2D eigenvalue weighted by molar-refractivity contribution is 5.76. The van der Waals surface area contributed by atoms with E-state index in [2.05, 4.69) is 10.6 Å². The zero-order valence-corrected chi connectivity index (χ0v) is 7.31. The van der Waals surface area contributed by atoms with Crippen LogP contribution in [0.2, 0.25) is 0 Å². The van der Waals surface area contributed by atoms with Gasteiger partial charge in [-0.3, -0.25) is 4.79 Å². The third-order valence-electron chi connectivity index (χ3n) is 2.95. The van der Waals surface area contributed by atoms with E-state index >= 15 is 0 Å². The lowest BCUT2D eigenvalue weighted by Gasteiger charge is -2.30. The maximum absolute atomic E-state index is 11.2. The van der Waals surface area contributed by atoms with E-state index in [4.69, 9.17) is 0 Å². The Labute approximate surface area is 72.9 Å². The fraction of sp³-hybridized carbons (Fsp3) is 0.889. The van der Waals surface area contributed by atoms with Crippen molar-refractivity contribution < 1.29 is 4.79 Å². The molecule has 2 heterocycles. The van der Waals surface area contributed by atoms with Crippen LogP contribution in [0.15, 0.2) is 0 Å². The summed E-state index contributed by atoms with van der Waals surface area (Å²) < 4.78 is 0. The molecule has 2 fully saturated rings. The highest BCUT2D eigenvalue weighted by atomic mass is 16.1. The number of hydrogen-bond acceptors (Lipinski definition) is 2. The molecule has 2 aliphatic rings. The van der Waals surface area contributed by atoms with Crippen LogP contribution in [0.4, 0.5) is 0 Å². The van der Waals surface area contributed by atoms with Crippen molar-refractivity contribution in [3.63, 3.8) is 0 Å². The van der Waals surface area contributed by atoms with Crippen LogP contribution in [0, 0.1) is 5.92 Å². The molecule has 0 aromatic heterocycles. The van der Waals surface area contributed by atoms with Gasteiger partial charge >= 0.3 is 0 Å². The van der Waals surface area contributed by atoms with Gasteiger partial charge < -0.3 is 10.6 Å². The normalized spacial score (nSPS) is 36.5. The maximum atomic E-state index is 11.2. The Hall–Kier alpha value is -0.570. The summed E-state index contributed by atoms with van der Waals surface area (Å²) in [6.07, 6.45) is 4.26. The van der Waals surface area contributed by atoms with Gasteiger partial charge in [0.05, 0.1) is 0 Å². The molecule has 2 unspecified atom stereocenters. The minimum Gasteiger partial charge on any atom is -0.352 e. The molecule has 0 saturated carbocycles. The topological polar surface area (TPSA) is 41.1 Å². The van der Waals surface area contributed by atoms with Crippen molar-refractivity contribution in [2.24, 2.45) is 5.92 Å². The van der Waals surface area contributed by atoms with Crippen molar-refractivity contribution in [2.75, 3.05) is 13.1 Å². The Morgan fingerprint density at radius 1 is 1.33 bits per heavy atom. The molecule has 0 aliphatic carbocycles. The molecular weight excluding hydrogens is 152 g/mol. The number of carbonyl (C=O) groups excluding carboxylic acids is 1. The van der Waals surface area contributed by atoms with Gasteiger partial charge in [0, 0.05) is 19.0 Å². The summed E-state index contributed by atoms with van der Waals surface area (Å²) in [6.45, 7) is 2.09. The molecule has 3 heteroatoms. The second kappa shape index (κ2) is 3.44. The van der Waals surface area contributed by atoms with E-state index in [1.807, 2.05) is 0 Å². The van der Waals surface area contributed by atoms with E-state index in [1.54, 1.807) is 0 Å². The highest BCUT2D eigenvalue weighted by Gasteiger charge is 2.28. The fourth-order valence-electron chi connectivity index (χ4n) is 2.23. The number of amides is 1. The van der Waals surface area contributed by atoms with Crippen LogP contribution in [0.25, 0.3) is 0 Å². The molecular formula is C9H16N2O. The van der Waals surface area contributed by atoms with Gasteiger partial charge in [0.2, 0.25) is 5.91 Å². The molecule has 0 aromatic rings. The predicted molar refractivity (Wildman–Crippen MR) is 46.8 cm³/mol. The van der Waals surface area contributed by atoms with E-state index in [-0.39, 0.29) is 5.91 Å². The van der Waals surface area contributed by atoms with Crippen molar-refractivity contribution in [1.82, 2.24) is 10.6 Å². The van der Waals surface area contributed by atoms with Gasteiger partial charge in [-0.25, -0.2) is 0 Å². The van der Waals surface area contributed by atoms with Crippen LogP contribution in [0.1, 0.15) is 25.7 Å². The van der Waals surface area contributed by atoms with Crippen LogP contribution < -0.4 is 10.6 Å². The number of fused-ring (bicyclic) bond motifs is 1. The molecule has 3 nitrogen and oxygen atoms in total. The van der Waals surface area contributed by atoms with Crippen LogP contribution in [0.3, 0.4) is 0 Å². The minimum atomic E-state index is 0.242. The second-order valence-electron chi connectivity index (χ2n) is 3.82. The molecule has 2 atom stereocenters. The SMILES string of the molecule is O=C1CCCC2CCNCC2N1. The Morgan fingerprint density at radius 2 is 2.25 bits per heavy atom. The molecule has 0 aromatic carbocycles. The number of rotatable bonds is 0. The lowest BCUT2D eigenvalue weighted by Crippen LogP contribution is -2.49. The molecule has 0 radical (unpaired) electrons. The van der Waals surface area contributed by atoms with E-state index in [0.29, 0.717) is 6.04 Å². The third-order valence-corrected chi connectivity index (χ3v) is 2.95. The van der Waals surface area contributed by atoms with Gasteiger partial charge in [0.1, 0.15) is 0 Å². The summed E-state index contributed by atoms with van der Waals surface area (Å²) in [7, 11) is 0. The van der Waals surface area contributed by atoms with Gasteiger partial charge in [0.25, 0.3) is 0 Å². The van der Waals surface area contributed by atoms with E-state index < -0.39 is 0 Å². The largest absolute Gasteiger partial charge is 0.352 e. The van der Waals surface area contributed by atoms with Crippen molar-refractivity contribution >= 4 is 5.91 Å². The summed E-state index contributed by atoms with van der Waals surface area (Å²) in [5, 5.41) is 6.40. The lowest BCUT2D eigenvalue weighted by molar-refractivity contribution is -0.121. The molecule has 2 rings (SSSR count). The zero-order chi connectivity index (χ0) is 8.39. The van der Waals surface area contributed by atoms with Crippen LogP contribution in [-0.2, 0) is 4.79 Å². The van der Waals surface area contributed by atoms with Crippen molar-refractivity contribution in [3.05, 3.63) is 0 Å². The fourth-order valence-corrected chi connectivity index (χ4v) is 2.23. The standard InChI is InChI=1S/C9H16N2O/c12-9-3-1-2-7-4-5-10-6-8(7)11-9/h7-8,10H,1-6H2,(H,11,12). The number of piperidine rings is 1. The average Bonchev–Trinajstić information content (AvgIpc) is 2.25. The van der Waals surface area contributed by atoms with Gasteiger partial charge in [-0.1, -0.05) is 0 Å². The van der Waals surface area contributed by atoms with E-state index in [9.17, 15) is 4.79 Å². The maximum Gasteiger partial charge on any atom is 0.220 e. The Morgan fingerprint density at radius 3 is 3.17 bits per heavy atom. The first-order valence-electron chi connectivity index (χ1n) is 4.86. The summed E-state index contributed by atoms with van der Waals surface area (Å²) >= 11 is 0. The first kappa shape index (κ1) is 8.05. The van der Waals surface area contributed by atoms with E-state index in [0.717, 1.165) is 31.8 Å². The lowest BCUT2D eigenvalue weighted by atomic mass is 9.89. The van der Waals surface area contributed by atoms with Crippen LogP contribution >= 0.6 is 0 Å². The molecule has 0 spiro atoms. The molecule has 0 bridgehead atoms. The molecule has 12 heavy (non-hydrogen) atoms. The smallest absolute Gasteiger partial charge is 0.220 e. The molecule has 2 aliphatic heterocycles. The molecule has 2 saturated heterocycles. The Kier molecular flexibility index (Phi) is 2.30. The van der Waals surface area contributed by atoms with Gasteiger partial charge in [0.15, 0.2) is 0 Å². The van der Waals surface area contributed by atoms with Crippen molar-refractivity contribution in [3.8, 4) is 0 Å². The molecule has 1 amide bonds. The van der Waals surface area contributed by atoms with Crippen LogP contribution in [0.5, 0.6) is 0 Å². The minimum absolute atomic E-state index is 0.242. The predicted octanol–water partition coefficient (Wildman–Crippen LogP) is 0.265. The number of carbonyl (C=O) groups is 1. The molecule has 2 N–H and O–H groups in total. The van der Waals surface area contributed by atoms with Crippen molar-refractivity contribution in [1.29, 1.82) is 0 Å². The molecule has 68 valence electrons. The summed E-state index contributed by atoms with van der Waals surface area (Å²) in [4.78, 5) is 11.2. The summed E-state index contributed by atoms with van der Waals surface area (Å²) in [6, 6.07) is 0.411. The van der Waals surface area contributed by atoms with Gasteiger partial charge in [-0.15, -0.1) is 0 Å². The Bertz CT molecular complexity index is 181. The summed E-state index contributed by atoms with van der Waals surface area (Å²) in [5.74, 6) is 0.976. The highest BCUT2D eigenvalue weighted by Crippen LogP contribution is 2.22. The summed E-state index contributed by atoms with van der Waals surface area (Å²) in [5.41, 5.74) is 0. The van der Waals surface area contributed by atoms with Gasteiger partial charge in [-0.2, -0.15) is 0 Å². The second-order valence-corrected chi connectivity index (χ2v) is 3.82. The Balaban J connectivity index is 2.01. The third kappa shape index (κ3) is 1.61. The monoisotopic (exact) mass is 168 g/mol. The van der Waals surface area contributed by atoms with E-state index in [1.165, 1.54) is 12.8 Å². The average molecular weight is 168 g/mol. The number of hydrogen-bond donors (Lipinski definition) is 2. The van der Waals surface area contributed by atoms with Crippen molar-refractivity contribution in [2.45, 2.75) is 31.7 Å². The van der Waals surface area contributed by atoms with Crippen LogP contribution in [-0.4, -0.2) is 25.0 Å². The number of nitrogens with one attached hydrogen (secondary N) is 2. The first-order valence-corrected chi connectivity index (χ1v) is 4.86. The van der Waals surface area contributed by atoms with Gasteiger partial charge in [-0.05, 0) is 31.7 Å². The quantitative estimate of drug-likeness (QED) is 0.545.